The van der Waals surface area contributed by atoms with Crippen molar-refractivity contribution in [2.75, 3.05) is 0 Å². The maximum absolute atomic E-state index is 8.33. The number of carbonyl (C=O) groups excluding carboxylic acids is 1. The fourth-order valence-corrected chi connectivity index (χ4v) is 0. The number of hydrogen-bond acceptors (Lipinski definition) is 3. The fourth-order valence-electron chi connectivity index (χ4n) is 0. The summed E-state index contributed by atoms with van der Waals surface area (Å²) in [5, 5.41) is 16.7. The van der Waals surface area contributed by atoms with Crippen molar-refractivity contribution in [3.8, 4) is 0 Å². The van der Waals surface area contributed by atoms with E-state index in [2.05, 4.69) is 0 Å². The predicted molar refractivity (Wildman–Crippen MR) is 11.1 cm³/mol. The van der Waals surface area contributed by atoms with Gasteiger partial charge in [-0.1, -0.05) is 0 Å². The Morgan fingerprint density at radius 2 is 1.33 bits per heavy atom. The first kappa shape index (κ1) is 15.7. The molecule has 0 aliphatic carbocycles. The molecule has 0 fully saturated rings. The molecule has 0 unspecified atom stereocenters. The van der Waals surface area contributed by atoms with Gasteiger partial charge in [0.2, 0.25) is 0 Å². The monoisotopic (exact) mass is 284 g/mol. The molecule has 0 amide bonds. The molecule has 0 saturated carbocycles. The number of rotatable bonds is 0. The smallest absolute Gasteiger partial charge is 0.652 e. The zero-order valence-corrected chi connectivity index (χ0v) is 7.98. The molecule has 3 nitrogen and oxygen atoms in total. The van der Waals surface area contributed by atoms with E-state index in [1.165, 1.54) is 0 Å². The quantitative estimate of drug-likeness (QED) is 0.450. The van der Waals surface area contributed by atoms with Crippen LogP contribution in [-0.4, -0.2) is 43.9 Å². The van der Waals surface area contributed by atoms with Crippen LogP contribution in [0.25, 0.3) is 0 Å². The first-order chi connectivity index (χ1) is 1.73. The zero-order valence-electron chi connectivity index (χ0n) is 2.84. The summed E-state index contributed by atoms with van der Waals surface area (Å²) in [5.41, 5.74) is 0. The van der Waals surface area contributed by atoms with E-state index in [0.29, 0.717) is 0 Å². The normalized spacial score (nSPS) is 4.00. The molecule has 0 N–H and O–H groups in total. The van der Waals surface area contributed by atoms with Crippen LogP contribution >= 0.6 is 0 Å². The minimum absolute atomic E-state index is 0. The summed E-state index contributed by atoms with van der Waals surface area (Å²) in [6.07, 6.45) is -2.33. The average molecular weight is 284 g/mol. The van der Waals surface area contributed by atoms with E-state index in [9.17, 15) is 0 Å². The van der Waals surface area contributed by atoms with Gasteiger partial charge < -0.3 is 15.0 Å². The van der Waals surface area contributed by atoms with Gasteiger partial charge in [0.05, 0.1) is 0 Å². The first-order valence-electron chi connectivity index (χ1n) is 0.612. The Hall–Kier alpha value is 1.22. The second kappa shape index (κ2) is 9.52. The number of hydrogen-bond donors (Lipinski definition) is 0. The summed E-state index contributed by atoms with van der Waals surface area (Å²) in [5.74, 6) is 0. The van der Waals surface area contributed by atoms with Crippen molar-refractivity contribution in [1.29, 1.82) is 0 Å². The minimum Gasteiger partial charge on any atom is -0.652 e. The van der Waals surface area contributed by atoms with Gasteiger partial charge in [-0.3, -0.25) is 0 Å². The third-order valence-electron chi connectivity index (χ3n) is 0. The van der Waals surface area contributed by atoms with Crippen LogP contribution in [0.4, 0.5) is 4.79 Å². The Bertz CT molecular complexity index is 33.8. The summed E-state index contributed by atoms with van der Waals surface area (Å²) >= 11 is 0. The Morgan fingerprint density at radius 3 is 1.33 bits per heavy atom. The van der Waals surface area contributed by atoms with Crippen molar-refractivity contribution < 1.29 is 36.1 Å². The third kappa shape index (κ3) is 62.6. The number of carboxylic acid groups (broad SMARTS) is 2. The van der Waals surface area contributed by atoms with Crippen LogP contribution in [0.3, 0.4) is 0 Å². The summed E-state index contributed by atoms with van der Waals surface area (Å²) in [6.45, 7) is 0. The minimum atomic E-state index is -2.33. The van der Waals surface area contributed by atoms with E-state index < -0.39 is 6.16 Å². The molecule has 0 spiro atoms. The van der Waals surface area contributed by atoms with Crippen molar-refractivity contribution in [3.63, 3.8) is 0 Å². The van der Waals surface area contributed by atoms with Crippen LogP contribution in [0.1, 0.15) is 0 Å². The molecule has 0 bridgehead atoms. The van der Waals surface area contributed by atoms with E-state index in [0.717, 1.165) is 0 Å². The molecule has 0 saturated heterocycles. The Kier molecular flexibility index (Phi) is 24.9. The summed E-state index contributed by atoms with van der Waals surface area (Å²) in [6, 6.07) is 0. The van der Waals surface area contributed by atoms with Gasteiger partial charge in [0.15, 0.2) is 0 Å². The largest absolute Gasteiger partial charge is 2.00 e. The molecule has 0 aromatic heterocycles. The molecule has 0 aromatic carbocycles. The van der Waals surface area contributed by atoms with Gasteiger partial charge in [0.25, 0.3) is 0 Å². The average Bonchev–Trinajstić information content (AvgIpc) is 0.811. The Balaban J connectivity index is -0.0000000450. The van der Waals surface area contributed by atoms with E-state index in [1.54, 1.807) is 0 Å². The maximum atomic E-state index is 8.33. The van der Waals surface area contributed by atoms with Crippen LogP contribution in [0.2, 0.25) is 0 Å². The molecular formula is CCaO3W. The molecule has 0 aliphatic rings. The van der Waals surface area contributed by atoms with Crippen LogP contribution in [-0.2, 0) is 21.1 Å². The van der Waals surface area contributed by atoms with Gasteiger partial charge in [-0.05, 0) is 6.16 Å². The van der Waals surface area contributed by atoms with Gasteiger partial charge >= 0.3 is 37.7 Å². The second-order valence-electron chi connectivity index (χ2n) is 0.250. The van der Waals surface area contributed by atoms with E-state index >= 15 is 0 Å². The van der Waals surface area contributed by atoms with Gasteiger partial charge in [0, 0.05) is 21.1 Å². The van der Waals surface area contributed by atoms with Crippen molar-refractivity contribution in [2.45, 2.75) is 0 Å². The molecule has 6 heavy (non-hydrogen) atoms. The summed E-state index contributed by atoms with van der Waals surface area (Å²) < 4.78 is 0. The predicted octanol–water partition coefficient (Wildman–Crippen LogP) is -2.83. The topological polar surface area (TPSA) is 63.2 Å². The number of carbonyl (C=O) groups is 1. The molecule has 30 valence electrons. The summed E-state index contributed by atoms with van der Waals surface area (Å²) in [4.78, 5) is 8.33. The first-order valence-corrected chi connectivity index (χ1v) is 0.612. The van der Waals surface area contributed by atoms with Crippen LogP contribution < -0.4 is 10.2 Å². The van der Waals surface area contributed by atoms with Crippen molar-refractivity contribution in [2.24, 2.45) is 0 Å². The van der Waals surface area contributed by atoms with Gasteiger partial charge in [-0.15, -0.1) is 0 Å². The Labute approximate surface area is 79.0 Å². The van der Waals surface area contributed by atoms with Gasteiger partial charge in [-0.2, -0.15) is 0 Å². The van der Waals surface area contributed by atoms with Gasteiger partial charge in [0.1, 0.15) is 0 Å². The standard InChI is InChI=1S/CH2O3.Ca.W/c2-1(3)4;;/h(H2,2,3,4);;/q;+2;/p-2. The third-order valence-corrected chi connectivity index (χ3v) is 0. The van der Waals surface area contributed by atoms with Crippen LogP contribution in [0.5, 0.6) is 0 Å². The molecule has 0 aromatic rings. The zero-order chi connectivity index (χ0) is 3.58. The Morgan fingerprint density at radius 1 is 1.33 bits per heavy atom. The van der Waals surface area contributed by atoms with Crippen molar-refractivity contribution in [3.05, 3.63) is 0 Å². The fraction of sp³-hybridized carbons (Fsp3) is 0. The van der Waals surface area contributed by atoms with Gasteiger partial charge in [-0.25, -0.2) is 0 Å². The van der Waals surface area contributed by atoms with E-state index in [4.69, 9.17) is 15.0 Å². The van der Waals surface area contributed by atoms with Crippen molar-refractivity contribution >= 4 is 43.9 Å². The molecular weight excluding hydrogens is 284 g/mol. The van der Waals surface area contributed by atoms with E-state index in [1.807, 2.05) is 0 Å². The van der Waals surface area contributed by atoms with Crippen LogP contribution in [0, 0.1) is 0 Å². The summed E-state index contributed by atoms with van der Waals surface area (Å²) in [7, 11) is 0. The molecule has 0 aliphatic heterocycles. The molecule has 5 heteroatoms. The molecule has 0 atom stereocenters. The SMILES string of the molecule is O=C([O-])[O-].[Ca+2].[W]. The molecule has 0 radical (unpaired) electrons. The second-order valence-corrected chi connectivity index (χ2v) is 0.250. The maximum Gasteiger partial charge on any atom is 2.00 e. The molecule has 0 rings (SSSR count). The van der Waals surface area contributed by atoms with Crippen molar-refractivity contribution in [1.82, 2.24) is 0 Å². The van der Waals surface area contributed by atoms with Crippen LogP contribution in [0.15, 0.2) is 0 Å². The van der Waals surface area contributed by atoms with E-state index in [-0.39, 0.29) is 58.8 Å². The molecule has 0 heterocycles.